The van der Waals surface area contributed by atoms with E-state index in [2.05, 4.69) is 33.2 Å². The maximum Gasteiger partial charge on any atom is 0.226 e. The standard InChI is InChI=1S/C18H19IN2O2/c1-12-10-15(19)8-9-16(12)21-18(23)11-17(20-13(2)22)14-6-4-3-5-7-14/h3-10,17H,11H2,1-2H3,(H,20,22)(H,21,23). The van der Waals surface area contributed by atoms with E-state index in [-0.39, 0.29) is 24.3 Å². The van der Waals surface area contributed by atoms with Crippen LogP contribution in [0.2, 0.25) is 0 Å². The van der Waals surface area contributed by atoms with Crippen LogP contribution in [0.4, 0.5) is 5.69 Å². The minimum atomic E-state index is -0.335. The fourth-order valence-electron chi connectivity index (χ4n) is 2.34. The zero-order valence-electron chi connectivity index (χ0n) is 13.1. The van der Waals surface area contributed by atoms with Crippen molar-refractivity contribution >= 4 is 40.1 Å². The van der Waals surface area contributed by atoms with Gasteiger partial charge < -0.3 is 10.6 Å². The number of carbonyl (C=O) groups excluding carboxylic acids is 2. The number of aryl methyl sites for hydroxylation is 1. The topological polar surface area (TPSA) is 58.2 Å². The summed E-state index contributed by atoms with van der Waals surface area (Å²) in [5.74, 6) is -0.283. The average Bonchev–Trinajstić information content (AvgIpc) is 2.50. The first kappa shape index (κ1) is 17.5. The molecule has 1 atom stereocenters. The van der Waals surface area contributed by atoms with Crippen molar-refractivity contribution in [3.63, 3.8) is 0 Å². The molecule has 2 N–H and O–H groups in total. The molecule has 0 aliphatic carbocycles. The quantitative estimate of drug-likeness (QED) is 0.721. The van der Waals surface area contributed by atoms with E-state index in [9.17, 15) is 9.59 Å². The van der Waals surface area contributed by atoms with Crippen LogP contribution in [0.25, 0.3) is 0 Å². The summed E-state index contributed by atoms with van der Waals surface area (Å²) in [5.41, 5.74) is 2.73. The van der Waals surface area contributed by atoms with E-state index >= 15 is 0 Å². The van der Waals surface area contributed by atoms with Gasteiger partial charge in [-0.1, -0.05) is 30.3 Å². The molecule has 2 amide bonds. The predicted molar refractivity (Wildman–Crippen MR) is 100 cm³/mol. The van der Waals surface area contributed by atoms with E-state index in [1.807, 2.05) is 55.5 Å². The molecule has 0 bridgehead atoms. The smallest absolute Gasteiger partial charge is 0.226 e. The van der Waals surface area contributed by atoms with Gasteiger partial charge in [-0.2, -0.15) is 0 Å². The van der Waals surface area contributed by atoms with E-state index in [1.54, 1.807) is 0 Å². The number of rotatable bonds is 5. The van der Waals surface area contributed by atoms with Gasteiger partial charge in [0, 0.05) is 16.2 Å². The van der Waals surface area contributed by atoms with Crippen LogP contribution in [0, 0.1) is 10.5 Å². The van der Waals surface area contributed by atoms with Crippen LogP contribution in [0.5, 0.6) is 0 Å². The van der Waals surface area contributed by atoms with Crippen LogP contribution in [0.1, 0.15) is 30.5 Å². The van der Waals surface area contributed by atoms with Crippen molar-refractivity contribution in [2.75, 3.05) is 5.32 Å². The molecule has 4 nitrogen and oxygen atoms in total. The Hall–Kier alpha value is -1.89. The summed E-state index contributed by atoms with van der Waals surface area (Å²) in [6.07, 6.45) is 0.190. The Kier molecular flexibility index (Phi) is 6.15. The molecule has 2 aromatic carbocycles. The molecule has 2 aromatic rings. The molecule has 0 heterocycles. The number of halogens is 1. The highest BCUT2D eigenvalue weighted by atomic mass is 127. The van der Waals surface area contributed by atoms with Gasteiger partial charge in [0.05, 0.1) is 12.5 Å². The second-order valence-corrected chi connectivity index (χ2v) is 6.62. The maximum atomic E-state index is 12.4. The molecule has 2 rings (SSSR count). The lowest BCUT2D eigenvalue weighted by atomic mass is 10.0. The lowest BCUT2D eigenvalue weighted by Gasteiger charge is -2.18. The number of hydrogen-bond acceptors (Lipinski definition) is 2. The largest absolute Gasteiger partial charge is 0.349 e. The molecule has 0 radical (unpaired) electrons. The Morgan fingerprint density at radius 3 is 2.43 bits per heavy atom. The lowest BCUT2D eigenvalue weighted by Crippen LogP contribution is -2.29. The van der Waals surface area contributed by atoms with E-state index in [1.165, 1.54) is 6.92 Å². The van der Waals surface area contributed by atoms with E-state index in [0.717, 1.165) is 20.4 Å². The van der Waals surface area contributed by atoms with Crippen molar-refractivity contribution in [3.8, 4) is 0 Å². The van der Waals surface area contributed by atoms with Gasteiger partial charge in [0.1, 0.15) is 0 Å². The van der Waals surface area contributed by atoms with Gasteiger partial charge in [0.15, 0.2) is 0 Å². The molecule has 0 aromatic heterocycles. The fourth-order valence-corrected chi connectivity index (χ4v) is 2.98. The second-order valence-electron chi connectivity index (χ2n) is 5.38. The van der Waals surface area contributed by atoms with E-state index < -0.39 is 0 Å². The van der Waals surface area contributed by atoms with Crippen molar-refractivity contribution in [2.45, 2.75) is 26.3 Å². The molecular weight excluding hydrogens is 403 g/mol. The highest BCUT2D eigenvalue weighted by molar-refractivity contribution is 14.1. The first-order chi connectivity index (χ1) is 11.0. The van der Waals surface area contributed by atoms with Gasteiger partial charge >= 0.3 is 0 Å². The number of hydrogen-bond donors (Lipinski definition) is 2. The van der Waals surface area contributed by atoms with Crippen LogP contribution < -0.4 is 10.6 Å². The minimum absolute atomic E-state index is 0.128. The Morgan fingerprint density at radius 1 is 1.13 bits per heavy atom. The monoisotopic (exact) mass is 422 g/mol. The maximum absolute atomic E-state index is 12.4. The average molecular weight is 422 g/mol. The molecule has 0 aliphatic rings. The van der Waals surface area contributed by atoms with Crippen molar-refractivity contribution in [1.29, 1.82) is 0 Å². The number of carbonyl (C=O) groups is 2. The Labute approximate surface area is 149 Å². The molecule has 0 fully saturated rings. The van der Waals surface area contributed by atoms with Gasteiger partial charge in [0.2, 0.25) is 11.8 Å². The Balaban J connectivity index is 2.09. The predicted octanol–water partition coefficient (Wildman–Crippen LogP) is 3.81. The van der Waals surface area contributed by atoms with Crippen molar-refractivity contribution < 1.29 is 9.59 Å². The normalized spacial score (nSPS) is 11.6. The molecule has 5 heteroatoms. The van der Waals surface area contributed by atoms with Crippen LogP contribution in [-0.2, 0) is 9.59 Å². The van der Waals surface area contributed by atoms with Gasteiger partial charge in [-0.15, -0.1) is 0 Å². The third kappa shape index (κ3) is 5.35. The number of amides is 2. The van der Waals surface area contributed by atoms with Crippen LogP contribution in [-0.4, -0.2) is 11.8 Å². The van der Waals surface area contributed by atoms with Gasteiger partial charge in [-0.05, 0) is 58.8 Å². The first-order valence-electron chi connectivity index (χ1n) is 7.34. The van der Waals surface area contributed by atoms with Gasteiger partial charge in [0.25, 0.3) is 0 Å². The van der Waals surface area contributed by atoms with Crippen molar-refractivity contribution in [1.82, 2.24) is 5.32 Å². The zero-order valence-corrected chi connectivity index (χ0v) is 15.3. The van der Waals surface area contributed by atoms with Crippen LogP contribution >= 0.6 is 22.6 Å². The SMILES string of the molecule is CC(=O)NC(CC(=O)Nc1ccc(I)cc1C)c1ccccc1. The molecule has 0 spiro atoms. The molecule has 23 heavy (non-hydrogen) atoms. The van der Waals surface area contributed by atoms with Crippen LogP contribution in [0.15, 0.2) is 48.5 Å². The third-order valence-corrected chi connectivity index (χ3v) is 4.10. The van der Waals surface area contributed by atoms with Gasteiger partial charge in [-0.3, -0.25) is 9.59 Å². The van der Waals surface area contributed by atoms with Crippen molar-refractivity contribution in [2.24, 2.45) is 0 Å². The Bertz CT molecular complexity index is 701. The summed E-state index contributed by atoms with van der Waals surface area (Å²) in [6.45, 7) is 3.41. The zero-order chi connectivity index (χ0) is 16.8. The third-order valence-electron chi connectivity index (χ3n) is 3.43. The Morgan fingerprint density at radius 2 is 1.83 bits per heavy atom. The highest BCUT2D eigenvalue weighted by Crippen LogP contribution is 2.21. The minimum Gasteiger partial charge on any atom is -0.349 e. The summed E-state index contributed by atoms with van der Waals surface area (Å²) in [6, 6.07) is 15.0. The molecule has 0 saturated carbocycles. The summed E-state index contributed by atoms with van der Waals surface area (Å²) in [4.78, 5) is 23.8. The second kappa shape index (κ2) is 8.10. The molecule has 120 valence electrons. The van der Waals surface area contributed by atoms with Crippen LogP contribution in [0.3, 0.4) is 0 Å². The van der Waals surface area contributed by atoms with E-state index in [4.69, 9.17) is 0 Å². The highest BCUT2D eigenvalue weighted by Gasteiger charge is 2.17. The number of nitrogens with one attached hydrogen (secondary N) is 2. The first-order valence-corrected chi connectivity index (χ1v) is 8.41. The van der Waals surface area contributed by atoms with Crippen molar-refractivity contribution in [3.05, 3.63) is 63.2 Å². The molecule has 1 unspecified atom stereocenters. The van der Waals surface area contributed by atoms with Gasteiger partial charge in [-0.25, -0.2) is 0 Å². The summed E-state index contributed by atoms with van der Waals surface area (Å²) >= 11 is 2.24. The van der Waals surface area contributed by atoms with E-state index in [0.29, 0.717) is 0 Å². The molecular formula is C18H19IN2O2. The summed E-state index contributed by atoms with van der Waals surface area (Å²) in [5, 5.41) is 5.75. The fraction of sp³-hybridized carbons (Fsp3) is 0.222. The summed E-state index contributed by atoms with van der Waals surface area (Å²) < 4.78 is 1.12. The lowest BCUT2D eigenvalue weighted by molar-refractivity contribution is -0.120. The molecule has 0 aliphatic heterocycles. The number of benzene rings is 2. The molecule has 0 saturated heterocycles. The number of anilines is 1. The summed E-state index contributed by atoms with van der Waals surface area (Å²) in [7, 11) is 0.